The summed E-state index contributed by atoms with van der Waals surface area (Å²) in [5.74, 6) is 0.760. The second-order valence-electron chi connectivity index (χ2n) is 5.45. The summed E-state index contributed by atoms with van der Waals surface area (Å²) >= 11 is 0. The molecule has 0 fully saturated rings. The molecule has 0 saturated carbocycles. The van der Waals surface area contributed by atoms with Crippen molar-refractivity contribution in [3.05, 3.63) is 82.9 Å². The molecule has 2 heteroatoms. The third-order valence-corrected chi connectivity index (χ3v) is 4.00. The SMILES string of the molecule is COc1ccc(C(=O)/C=C/C2=C(C)Cc3ccccc32)cc1. The molecule has 0 N–H and O–H groups in total. The van der Waals surface area contributed by atoms with Gasteiger partial charge in [-0.2, -0.15) is 0 Å². The van der Waals surface area contributed by atoms with Crippen molar-refractivity contribution >= 4 is 11.4 Å². The zero-order valence-electron chi connectivity index (χ0n) is 12.8. The van der Waals surface area contributed by atoms with Crippen LogP contribution in [0.4, 0.5) is 0 Å². The Kier molecular flexibility index (Phi) is 3.92. The van der Waals surface area contributed by atoms with Gasteiger partial charge in [-0.1, -0.05) is 35.9 Å². The Bertz CT molecular complexity index is 765. The lowest BCUT2D eigenvalue weighted by molar-refractivity contribution is 0.104. The van der Waals surface area contributed by atoms with Crippen LogP contribution in [0.5, 0.6) is 5.75 Å². The van der Waals surface area contributed by atoms with E-state index in [4.69, 9.17) is 4.74 Å². The van der Waals surface area contributed by atoms with E-state index >= 15 is 0 Å². The maximum atomic E-state index is 12.3. The van der Waals surface area contributed by atoms with E-state index in [1.54, 1.807) is 37.5 Å². The molecule has 110 valence electrons. The number of hydrogen-bond donors (Lipinski definition) is 0. The second kappa shape index (κ2) is 6.02. The van der Waals surface area contributed by atoms with Gasteiger partial charge in [0.15, 0.2) is 5.78 Å². The molecule has 0 spiro atoms. The van der Waals surface area contributed by atoms with Crippen LogP contribution in [0.1, 0.15) is 28.4 Å². The van der Waals surface area contributed by atoms with Crippen LogP contribution < -0.4 is 4.74 Å². The van der Waals surface area contributed by atoms with Crippen LogP contribution >= 0.6 is 0 Å². The van der Waals surface area contributed by atoms with Crippen LogP contribution in [-0.4, -0.2) is 12.9 Å². The number of fused-ring (bicyclic) bond motifs is 1. The van der Waals surface area contributed by atoms with Crippen molar-refractivity contribution in [2.45, 2.75) is 13.3 Å². The third-order valence-electron chi connectivity index (χ3n) is 4.00. The lowest BCUT2D eigenvalue weighted by Gasteiger charge is -2.02. The third kappa shape index (κ3) is 2.73. The van der Waals surface area contributed by atoms with Crippen molar-refractivity contribution in [3.63, 3.8) is 0 Å². The van der Waals surface area contributed by atoms with Crippen molar-refractivity contribution < 1.29 is 9.53 Å². The number of allylic oxidation sites excluding steroid dienone is 4. The topological polar surface area (TPSA) is 26.3 Å². The molecule has 3 rings (SSSR count). The molecule has 0 saturated heterocycles. The maximum Gasteiger partial charge on any atom is 0.185 e. The number of ketones is 1. The first-order valence-electron chi connectivity index (χ1n) is 7.33. The van der Waals surface area contributed by atoms with Gasteiger partial charge in [0.25, 0.3) is 0 Å². The van der Waals surface area contributed by atoms with E-state index in [1.807, 2.05) is 12.1 Å². The maximum absolute atomic E-state index is 12.3. The van der Waals surface area contributed by atoms with Gasteiger partial charge in [0, 0.05) is 5.56 Å². The Labute approximate surface area is 130 Å². The first-order chi connectivity index (χ1) is 10.7. The number of carbonyl (C=O) groups excluding carboxylic acids is 1. The summed E-state index contributed by atoms with van der Waals surface area (Å²) in [6, 6.07) is 15.5. The smallest absolute Gasteiger partial charge is 0.185 e. The molecule has 0 radical (unpaired) electrons. The van der Waals surface area contributed by atoms with Gasteiger partial charge in [-0.15, -0.1) is 0 Å². The fourth-order valence-electron chi connectivity index (χ4n) is 2.79. The van der Waals surface area contributed by atoms with E-state index < -0.39 is 0 Å². The van der Waals surface area contributed by atoms with Crippen molar-refractivity contribution in [2.75, 3.05) is 7.11 Å². The summed E-state index contributed by atoms with van der Waals surface area (Å²) in [7, 11) is 1.61. The van der Waals surface area contributed by atoms with Crippen molar-refractivity contribution in [1.29, 1.82) is 0 Å². The molecule has 1 aliphatic rings. The van der Waals surface area contributed by atoms with E-state index in [1.165, 1.54) is 16.7 Å². The molecule has 1 aliphatic carbocycles. The lowest BCUT2D eigenvalue weighted by atomic mass is 10.0. The normalized spacial score (nSPS) is 13.5. The summed E-state index contributed by atoms with van der Waals surface area (Å²) in [4.78, 5) is 12.3. The molecule has 2 nitrogen and oxygen atoms in total. The predicted octanol–water partition coefficient (Wildman–Crippen LogP) is 4.46. The molecule has 0 heterocycles. The minimum atomic E-state index is 0.00679. The molecule has 2 aromatic rings. The highest BCUT2D eigenvalue weighted by molar-refractivity contribution is 6.06. The number of rotatable bonds is 4. The minimum Gasteiger partial charge on any atom is -0.497 e. The Morgan fingerprint density at radius 1 is 1.09 bits per heavy atom. The van der Waals surface area contributed by atoms with Crippen LogP contribution in [0.15, 0.2) is 66.3 Å². The van der Waals surface area contributed by atoms with Crippen LogP contribution in [0, 0.1) is 0 Å². The highest BCUT2D eigenvalue weighted by Gasteiger charge is 2.16. The quantitative estimate of drug-likeness (QED) is 0.613. The highest BCUT2D eigenvalue weighted by Crippen LogP contribution is 2.33. The zero-order valence-corrected chi connectivity index (χ0v) is 12.8. The van der Waals surface area contributed by atoms with Crippen LogP contribution in [0.3, 0.4) is 0 Å². The number of hydrogen-bond acceptors (Lipinski definition) is 2. The van der Waals surface area contributed by atoms with Crippen LogP contribution in [0.25, 0.3) is 5.57 Å². The fourth-order valence-corrected chi connectivity index (χ4v) is 2.79. The van der Waals surface area contributed by atoms with E-state index in [9.17, 15) is 4.79 Å². The Morgan fingerprint density at radius 3 is 2.55 bits per heavy atom. The molecular weight excluding hydrogens is 272 g/mol. The first-order valence-corrected chi connectivity index (χ1v) is 7.33. The highest BCUT2D eigenvalue weighted by atomic mass is 16.5. The largest absolute Gasteiger partial charge is 0.497 e. The van der Waals surface area contributed by atoms with E-state index in [0.29, 0.717) is 5.56 Å². The van der Waals surface area contributed by atoms with Gasteiger partial charge in [-0.3, -0.25) is 4.79 Å². The van der Waals surface area contributed by atoms with Crippen molar-refractivity contribution in [3.8, 4) is 5.75 Å². The standard InChI is InChI=1S/C20H18O2/c1-14-13-16-5-3-4-6-19(16)18(14)11-12-20(21)15-7-9-17(22-2)10-8-15/h3-12H,13H2,1-2H3/b12-11+. The van der Waals surface area contributed by atoms with Gasteiger partial charge in [-0.25, -0.2) is 0 Å². The molecule has 22 heavy (non-hydrogen) atoms. The second-order valence-corrected chi connectivity index (χ2v) is 5.45. The number of benzene rings is 2. The Morgan fingerprint density at radius 2 is 1.82 bits per heavy atom. The Hall–Kier alpha value is -2.61. The Balaban J connectivity index is 1.82. The van der Waals surface area contributed by atoms with Crippen LogP contribution in [0.2, 0.25) is 0 Å². The average molecular weight is 290 g/mol. The lowest BCUT2D eigenvalue weighted by Crippen LogP contribution is -1.94. The van der Waals surface area contributed by atoms with Gasteiger partial charge >= 0.3 is 0 Å². The molecular formula is C20H18O2. The summed E-state index contributed by atoms with van der Waals surface area (Å²) in [5.41, 5.74) is 5.70. The summed E-state index contributed by atoms with van der Waals surface area (Å²) in [6.45, 7) is 2.12. The number of methoxy groups -OCH3 is 1. The van der Waals surface area contributed by atoms with Gasteiger partial charge < -0.3 is 4.74 Å². The molecule has 0 aromatic heterocycles. The van der Waals surface area contributed by atoms with Crippen LogP contribution in [-0.2, 0) is 6.42 Å². The number of carbonyl (C=O) groups is 1. The minimum absolute atomic E-state index is 0.00679. The molecule has 0 amide bonds. The molecule has 0 unspecified atom stereocenters. The van der Waals surface area contributed by atoms with Gasteiger partial charge in [0.2, 0.25) is 0 Å². The van der Waals surface area contributed by atoms with Crippen molar-refractivity contribution in [1.82, 2.24) is 0 Å². The van der Waals surface area contributed by atoms with E-state index in [2.05, 4.69) is 25.1 Å². The molecule has 0 bridgehead atoms. The van der Waals surface area contributed by atoms with Gasteiger partial charge in [0.05, 0.1) is 7.11 Å². The summed E-state index contributed by atoms with van der Waals surface area (Å²) < 4.78 is 5.11. The van der Waals surface area contributed by atoms with Crippen molar-refractivity contribution in [2.24, 2.45) is 0 Å². The van der Waals surface area contributed by atoms with E-state index in [-0.39, 0.29) is 5.78 Å². The molecule has 2 aromatic carbocycles. The molecule has 0 atom stereocenters. The summed E-state index contributed by atoms with van der Waals surface area (Å²) in [5, 5.41) is 0. The monoisotopic (exact) mass is 290 g/mol. The zero-order chi connectivity index (χ0) is 15.5. The predicted molar refractivity (Wildman–Crippen MR) is 89.2 cm³/mol. The number of ether oxygens (including phenoxy) is 1. The van der Waals surface area contributed by atoms with E-state index in [0.717, 1.165) is 17.7 Å². The fraction of sp³-hybridized carbons (Fsp3) is 0.150. The summed E-state index contributed by atoms with van der Waals surface area (Å²) in [6.07, 6.45) is 4.56. The first kappa shape index (κ1) is 14.3. The molecule has 0 aliphatic heterocycles. The van der Waals surface area contributed by atoms with Gasteiger partial charge in [-0.05, 0) is 60.4 Å². The average Bonchev–Trinajstić information content (AvgIpc) is 2.88. The van der Waals surface area contributed by atoms with Gasteiger partial charge in [0.1, 0.15) is 5.75 Å².